The molecule has 0 aliphatic rings. The summed E-state index contributed by atoms with van der Waals surface area (Å²) < 4.78 is 0. The van der Waals surface area contributed by atoms with E-state index in [0.717, 1.165) is 11.8 Å². The first kappa shape index (κ1) is 11.0. The Morgan fingerprint density at radius 2 is 2.09 bits per heavy atom. The fourth-order valence-electron chi connectivity index (χ4n) is 0.562. The highest BCUT2D eigenvalue weighted by Gasteiger charge is 2.14. The Balaban J connectivity index is 3.70. The first-order chi connectivity index (χ1) is 5.07. The maximum atomic E-state index is 10.6. The van der Waals surface area contributed by atoms with Gasteiger partial charge in [-0.15, -0.1) is 0 Å². The van der Waals surface area contributed by atoms with Crippen molar-refractivity contribution in [1.29, 1.82) is 0 Å². The molecule has 0 aromatic heterocycles. The van der Waals surface area contributed by atoms with Gasteiger partial charge >= 0.3 is 0 Å². The van der Waals surface area contributed by atoms with E-state index in [0.29, 0.717) is 12.2 Å². The number of halogens is 1. The van der Waals surface area contributed by atoms with Gasteiger partial charge in [0.2, 0.25) is 5.24 Å². The lowest BCUT2D eigenvalue weighted by molar-refractivity contribution is -0.114. The van der Waals surface area contributed by atoms with E-state index in [4.69, 9.17) is 11.6 Å². The second-order valence-electron chi connectivity index (χ2n) is 2.21. The van der Waals surface area contributed by atoms with Crippen LogP contribution in [-0.2, 0) is 9.59 Å². The standard InChI is InChI=1S/C7H11ClO2S/c1-3-6(7(8)10)4-11-5(2)9/h6H,3-4H2,1-2H3. The van der Waals surface area contributed by atoms with Gasteiger partial charge in [0.25, 0.3) is 0 Å². The molecular formula is C7H11ClO2S. The van der Waals surface area contributed by atoms with Crippen LogP contribution in [0.4, 0.5) is 0 Å². The summed E-state index contributed by atoms with van der Waals surface area (Å²) in [6.07, 6.45) is 0.697. The highest BCUT2D eigenvalue weighted by atomic mass is 35.5. The smallest absolute Gasteiger partial charge is 0.225 e. The molecule has 0 saturated heterocycles. The van der Waals surface area contributed by atoms with Crippen molar-refractivity contribution in [3.8, 4) is 0 Å². The molecule has 0 heterocycles. The van der Waals surface area contributed by atoms with E-state index in [1.165, 1.54) is 6.92 Å². The zero-order valence-electron chi connectivity index (χ0n) is 6.59. The summed E-state index contributed by atoms with van der Waals surface area (Å²) in [7, 11) is 0. The third-order valence-corrected chi connectivity index (χ3v) is 2.59. The van der Waals surface area contributed by atoms with E-state index in [1.54, 1.807) is 0 Å². The quantitative estimate of drug-likeness (QED) is 0.643. The molecular weight excluding hydrogens is 184 g/mol. The van der Waals surface area contributed by atoms with Crippen LogP contribution in [-0.4, -0.2) is 16.1 Å². The summed E-state index contributed by atoms with van der Waals surface area (Å²) >= 11 is 6.41. The van der Waals surface area contributed by atoms with Crippen LogP contribution < -0.4 is 0 Å². The molecule has 0 radical (unpaired) electrons. The molecule has 1 unspecified atom stereocenters. The normalized spacial score (nSPS) is 12.6. The fourth-order valence-corrected chi connectivity index (χ4v) is 1.71. The zero-order chi connectivity index (χ0) is 8.85. The number of rotatable bonds is 4. The average molecular weight is 195 g/mol. The molecule has 0 aliphatic heterocycles. The van der Waals surface area contributed by atoms with E-state index in [1.807, 2.05) is 6.92 Å². The van der Waals surface area contributed by atoms with Crippen LogP contribution in [0.25, 0.3) is 0 Å². The minimum atomic E-state index is -0.346. The highest BCUT2D eigenvalue weighted by Crippen LogP contribution is 2.15. The summed E-state index contributed by atoms with van der Waals surface area (Å²) in [5.74, 6) is 0.333. The van der Waals surface area contributed by atoms with Gasteiger partial charge in [-0.2, -0.15) is 0 Å². The highest BCUT2D eigenvalue weighted by molar-refractivity contribution is 8.13. The van der Waals surface area contributed by atoms with Gasteiger partial charge in [0.15, 0.2) is 5.12 Å². The maximum absolute atomic E-state index is 10.6. The van der Waals surface area contributed by atoms with E-state index in [-0.39, 0.29) is 16.3 Å². The minimum Gasteiger partial charge on any atom is -0.288 e. The molecule has 0 spiro atoms. The van der Waals surface area contributed by atoms with Crippen LogP contribution in [0.2, 0.25) is 0 Å². The Kier molecular flexibility index (Phi) is 5.60. The van der Waals surface area contributed by atoms with Crippen molar-refractivity contribution in [2.45, 2.75) is 20.3 Å². The van der Waals surface area contributed by atoms with Gasteiger partial charge in [-0.25, -0.2) is 0 Å². The number of carbonyl (C=O) groups excluding carboxylic acids is 2. The van der Waals surface area contributed by atoms with Gasteiger partial charge in [0, 0.05) is 18.6 Å². The molecule has 0 N–H and O–H groups in total. The predicted molar refractivity (Wildman–Crippen MR) is 47.8 cm³/mol. The van der Waals surface area contributed by atoms with Crippen molar-refractivity contribution in [2.75, 3.05) is 5.75 Å². The van der Waals surface area contributed by atoms with Crippen LogP contribution in [0.15, 0.2) is 0 Å². The summed E-state index contributed by atoms with van der Waals surface area (Å²) in [4.78, 5) is 21.1. The van der Waals surface area contributed by atoms with Gasteiger partial charge in [-0.1, -0.05) is 18.7 Å². The fraction of sp³-hybridized carbons (Fsp3) is 0.714. The van der Waals surface area contributed by atoms with Crippen molar-refractivity contribution in [3.05, 3.63) is 0 Å². The summed E-state index contributed by atoms with van der Waals surface area (Å²) in [5.41, 5.74) is 0. The molecule has 11 heavy (non-hydrogen) atoms. The Morgan fingerprint density at radius 1 is 1.55 bits per heavy atom. The van der Waals surface area contributed by atoms with Gasteiger partial charge in [0.1, 0.15) is 0 Å². The Labute approximate surface area is 75.7 Å². The lowest BCUT2D eigenvalue weighted by Crippen LogP contribution is -2.11. The SMILES string of the molecule is CCC(CSC(C)=O)C(=O)Cl. The third kappa shape index (κ3) is 5.27. The lowest BCUT2D eigenvalue weighted by atomic mass is 10.1. The number of thioether (sulfide) groups is 1. The van der Waals surface area contributed by atoms with Crippen LogP contribution in [0.1, 0.15) is 20.3 Å². The molecule has 64 valence electrons. The summed E-state index contributed by atoms with van der Waals surface area (Å²) in [6, 6.07) is 0. The molecule has 0 aromatic rings. The molecule has 0 fully saturated rings. The first-order valence-electron chi connectivity index (χ1n) is 3.40. The number of carbonyl (C=O) groups is 2. The second-order valence-corrected chi connectivity index (χ2v) is 3.78. The topological polar surface area (TPSA) is 34.1 Å². The number of hydrogen-bond donors (Lipinski definition) is 0. The minimum absolute atomic E-state index is 0.0290. The summed E-state index contributed by atoms with van der Waals surface area (Å²) in [5, 5.41) is -0.317. The van der Waals surface area contributed by atoms with Crippen molar-refractivity contribution < 1.29 is 9.59 Å². The van der Waals surface area contributed by atoms with Gasteiger partial charge in [0.05, 0.1) is 0 Å². The third-order valence-electron chi connectivity index (χ3n) is 1.30. The van der Waals surface area contributed by atoms with E-state index in [2.05, 4.69) is 0 Å². The molecule has 4 heteroatoms. The molecule has 0 rings (SSSR count). The molecule has 0 amide bonds. The van der Waals surface area contributed by atoms with Gasteiger partial charge < -0.3 is 0 Å². The van der Waals surface area contributed by atoms with Crippen LogP contribution in [0.3, 0.4) is 0 Å². The Hall–Kier alpha value is -0.0200. The lowest BCUT2D eigenvalue weighted by Gasteiger charge is -2.06. The molecule has 0 bridgehead atoms. The second kappa shape index (κ2) is 5.61. The Bertz CT molecular complexity index is 159. The molecule has 0 aliphatic carbocycles. The van der Waals surface area contributed by atoms with Crippen molar-refractivity contribution in [3.63, 3.8) is 0 Å². The maximum Gasteiger partial charge on any atom is 0.225 e. The molecule has 1 atom stereocenters. The van der Waals surface area contributed by atoms with Crippen LogP contribution in [0.5, 0.6) is 0 Å². The monoisotopic (exact) mass is 194 g/mol. The van der Waals surface area contributed by atoms with Crippen LogP contribution in [0, 0.1) is 5.92 Å². The molecule has 0 saturated carbocycles. The first-order valence-corrected chi connectivity index (χ1v) is 4.77. The van der Waals surface area contributed by atoms with Crippen molar-refractivity contribution in [1.82, 2.24) is 0 Å². The molecule has 2 nitrogen and oxygen atoms in total. The van der Waals surface area contributed by atoms with Gasteiger partial charge in [-0.3, -0.25) is 9.59 Å². The van der Waals surface area contributed by atoms with Crippen molar-refractivity contribution >= 4 is 33.7 Å². The number of hydrogen-bond acceptors (Lipinski definition) is 3. The average Bonchev–Trinajstić information content (AvgIpc) is 1.87. The van der Waals surface area contributed by atoms with Gasteiger partial charge in [-0.05, 0) is 18.0 Å². The zero-order valence-corrected chi connectivity index (χ0v) is 8.17. The van der Waals surface area contributed by atoms with E-state index in [9.17, 15) is 9.59 Å². The summed E-state index contributed by atoms with van der Waals surface area (Å²) in [6.45, 7) is 3.36. The van der Waals surface area contributed by atoms with Crippen LogP contribution >= 0.6 is 23.4 Å². The largest absolute Gasteiger partial charge is 0.288 e. The van der Waals surface area contributed by atoms with E-state index >= 15 is 0 Å². The van der Waals surface area contributed by atoms with E-state index < -0.39 is 0 Å². The Morgan fingerprint density at radius 3 is 2.36 bits per heavy atom. The van der Waals surface area contributed by atoms with Crippen molar-refractivity contribution in [2.24, 2.45) is 5.92 Å². The predicted octanol–water partition coefficient (Wildman–Crippen LogP) is 2.06. The molecule has 0 aromatic carbocycles.